The first kappa shape index (κ1) is 13.4. The Morgan fingerprint density at radius 3 is 2.94 bits per heavy atom. The first-order valence-electron chi connectivity index (χ1n) is 7.06. The van der Waals surface area contributed by atoms with Crippen molar-refractivity contribution >= 4 is 0 Å². The zero-order valence-corrected chi connectivity index (χ0v) is 11.9. The van der Waals surface area contributed by atoms with Crippen LogP contribution < -0.4 is 10.1 Å². The Balaban J connectivity index is 1.90. The lowest BCUT2D eigenvalue weighted by Crippen LogP contribution is -2.29. The van der Waals surface area contributed by atoms with Gasteiger partial charge in [-0.2, -0.15) is 0 Å². The topological polar surface area (TPSA) is 21.3 Å². The second-order valence-electron chi connectivity index (χ2n) is 5.99. The molecule has 1 aliphatic rings. The van der Waals surface area contributed by atoms with Crippen LogP contribution in [0.15, 0.2) is 18.2 Å². The summed E-state index contributed by atoms with van der Waals surface area (Å²) in [5, 5.41) is 3.45. The molecule has 0 unspecified atom stereocenters. The maximum absolute atomic E-state index is 5.54. The Hall–Kier alpha value is -1.02. The molecule has 0 radical (unpaired) electrons. The minimum atomic E-state index is 0.367. The molecule has 2 rings (SSSR count). The van der Waals surface area contributed by atoms with Crippen LogP contribution in [0.25, 0.3) is 0 Å². The van der Waals surface area contributed by atoms with Crippen LogP contribution in [-0.4, -0.2) is 19.7 Å². The van der Waals surface area contributed by atoms with Crippen LogP contribution in [0.3, 0.4) is 0 Å². The van der Waals surface area contributed by atoms with E-state index in [2.05, 4.69) is 44.3 Å². The fourth-order valence-electron chi connectivity index (χ4n) is 2.43. The van der Waals surface area contributed by atoms with Crippen LogP contribution in [0.5, 0.6) is 5.75 Å². The molecule has 0 aliphatic carbocycles. The van der Waals surface area contributed by atoms with Crippen molar-refractivity contribution in [1.82, 2.24) is 5.32 Å². The SMILES string of the molecule is CCNCC(C)(C)CCc1ccc2c(c1)CCO2. The lowest BCUT2D eigenvalue weighted by atomic mass is 9.86. The summed E-state index contributed by atoms with van der Waals surface area (Å²) < 4.78 is 5.54. The summed E-state index contributed by atoms with van der Waals surface area (Å²) >= 11 is 0. The van der Waals surface area contributed by atoms with Gasteiger partial charge in [-0.15, -0.1) is 0 Å². The molecule has 1 aromatic rings. The third kappa shape index (κ3) is 3.49. The molecular formula is C16H25NO. The lowest BCUT2D eigenvalue weighted by molar-refractivity contribution is 0.318. The van der Waals surface area contributed by atoms with Gasteiger partial charge in [-0.25, -0.2) is 0 Å². The zero-order chi connectivity index (χ0) is 13.0. The molecule has 1 aliphatic heterocycles. The summed E-state index contributed by atoms with van der Waals surface area (Å²) in [5.74, 6) is 1.09. The molecule has 0 atom stereocenters. The minimum absolute atomic E-state index is 0.367. The number of benzene rings is 1. The molecule has 0 aromatic heterocycles. The Labute approximate surface area is 111 Å². The number of nitrogens with one attached hydrogen (secondary N) is 1. The summed E-state index contributed by atoms with van der Waals surface area (Å²) in [5.41, 5.74) is 3.20. The van der Waals surface area contributed by atoms with Gasteiger partial charge in [0.25, 0.3) is 0 Å². The normalized spacial score (nSPS) is 14.4. The maximum atomic E-state index is 5.54. The molecule has 1 aromatic carbocycles. The van der Waals surface area contributed by atoms with Gasteiger partial charge in [0.2, 0.25) is 0 Å². The summed E-state index contributed by atoms with van der Waals surface area (Å²) in [4.78, 5) is 0. The van der Waals surface area contributed by atoms with E-state index < -0.39 is 0 Å². The quantitative estimate of drug-likeness (QED) is 0.833. The van der Waals surface area contributed by atoms with Gasteiger partial charge in [0.05, 0.1) is 6.61 Å². The van der Waals surface area contributed by atoms with Crippen LogP contribution in [0.2, 0.25) is 0 Å². The van der Waals surface area contributed by atoms with Crippen LogP contribution in [0.4, 0.5) is 0 Å². The molecule has 2 nitrogen and oxygen atoms in total. The molecule has 1 N–H and O–H groups in total. The van der Waals surface area contributed by atoms with Crippen LogP contribution in [0.1, 0.15) is 38.3 Å². The number of hydrogen-bond acceptors (Lipinski definition) is 2. The van der Waals surface area contributed by atoms with E-state index in [1.807, 2.05) is 0 Å². The van der Waals surface area contributed by atoms with Crippen molar-refractivity contribution in [2.24, 2.45) is 5.41 Å². The van der Waals surface area contributed by atoms with Crippen LogP contribution >= 0.6 is 0 Å². The van der Waals surface area contributed by atoms with Crippen molar-refractivity contribution in [1.29, 1.82) is 0 Å². The summed E-state index contributed by atoms with van der Waals surface area (Å²) in [6.45, 7) is 9.84. The first-order valence-corrected chi connectivity index (χ1v) is 7.06. The smallest absolute Gasteiger partial charge is 0.122 e. The van der Waals surface area contributed by atoms with Gasteiger partial charge in [-0.05, 0) is 42.0 Å². The lowest BCUT2D eigenvalue weighted by Gasteiger charge is -2.25. The van der Waals surface area contributed by atoms with E-state index in [0.717, 1.165) is 38.3 Å². The van der Waals surface area contributed by atoms with Crippen molar-refractivity contribution in [2.75, 3.05) is 19.7 Å². The maximum Gasteiger partial charge on any atom is 0.122 e. The molecule has 2 heteroatoms. The summed E-state index contributed by atoms with van der Waals surface area (Å²) in [6.07, 6.45) is 3.45. The van der Waals surface area contributed by atoms with Gasteiger partial charge in [0.1, 0.15) is 5.75 Å². The average Bonchev–Trinajstić information content (AvgIpc) is 2.81. The van der Waals surface area contributed by atoms with Gasteiger partial charge < -0.3 is 10.1 Å². The predicted molar refractivity (Wildman–Crippen MR) is 76.3 cm³/mol. The molecule has 0 saturated carbocycles. The van der Waals surface area contributed by atoms with Crippen LogP contribution in [0, 0.1) is 5.41 Å². The van der Waals surface area contributed by atoms with Crippen LogP contribution in [-0.2, 0) is 12.8 Å². The monoisotopic (exact) mass is 247 g/mol. The summed E-state index contributed by atoms with van der Waals surface area (Å²) in [6, 6.07) is 6.67. The Kier molecular flexibility index (Phi) is 4.28. The highest BCUT2D eigenvalue weighted by Gasteiger charge is 2.18. The average molecular weight is 247 g/mol. The highest BCUT2D eigenvalue weighted by atomic mass is 16.5. The zero-order valence-electron chi connectivity index (χ0n) is 11.9. The Morgan fingerprint density at radius 1 is 1.33 bits per heavy atom. The van der Waals surface area contributed by atoms with Gasteiger partial charge in [0, 0.05) is 13.0 Å². The van der Waals surface area contributed by atoms with E-state index in [-0.39, 0.29) is 0 Å². The predicted octanol–water partition coefficient (Wildman–Crippen LogP) is 3.19. The molecule has 0 bridgehead atoms. The van der Waals surface area contributed by atoms with Gasteiger partial charge >= 0.3 is 0 Å². The van der Waals surface area contributed by atoms with E-state index in [1.54, 1.807) is 0 Å². The van der Waals surface area contributed by atoms with E-state index in [4.69, 9.17) is 4.74 Å². The second-order valence-corrected chi connectivity index (χ2v) is 5.99. The molecule has 1 heterocycles. The van der Waals surface area contributed by atoms with Crippen molar-refractivity contribution in [3.8, 4) is 5.75 Å². The number of hydrogen-bond donors (Lipinski definition) is 1. The number of rotatable bonds is 6. The fourth-order valence-corrected chi connectivity index (χ4v) is 2.43. The van der Waals surface area contributed by atoms with Crippen molar-refractivity contribution < 1.29 is 4.74 Å². The molecule has 0 saturated heterocycles. The van der Waals surface area contributed by atoms with E-state index >= 15 is 0 Å². The van der Waals surface area contributed by atoms with E-state index in [1.165, 1.54) is 17.5 Å². The Morgan fingerprint density at radius 2 is 2.17 bits per heavy atom. The molecule has 0 fully saturated rings. The largest absolute Gasteiger partial charge is 0.493 e. The number of fused-ring (bicyclic) bond motifs is 1. The van der Waals surface area contributed by atoms with Crippen molar-refractivity contribution in [2.45, 2.75) is 40.0 Å². The third-order valence-electron chi connectivity index (χ3n) is 3.70. The van der Waals surface area contributed by atoms with Gasteiger partial charge in [-0.1, -0.05) is 32.9 Å². The summed E-state index contributed by atoms with van der Waals surface area (Å²) in [7, 11) is 0. The fraction of sp³-hybridized carbons (Fsp3) is 0.625. The number of aryl methyl sites for hydroxylation is 1. The van der Waals surface area contributed by atoms with Crippen molar-refractivity contribution in [3.05, 3.63) is 29.3 Å². The molecule has 0 spiro atoms. The first-order chi connectivity index (χ1) is 8.61. The van der Waals surface area contributed by atoms with Gasteiger partial charge in [0.15, 0.2) is 0 Å². The minimum Gasteiger partial charge on any atom is -0.493 e. The third-order valence-corrected chi connectivity index (χ3v) is 3.70. The highest BCUT2D eigenvalue weighted by Crippen LogP contribution is 2.28. The Bertz CT molecular complexity index is 398. The molecule has 100 valence electrons. The standard InChI is InChI=1S/C16H25NO/c1-4-17-12-16(2,3)9-7-13-5-6-15-14(11-13)8-10-18-15/h5-6,11,17H,4,7-10,12H2,1-3H3. The molecule has 18 heavy (non-hydrogen) atoms. The van der Waals surface area contributed by atoms with E-state index in [0.29, 0.717) is 5.41 Å². The molecular weight excluding hydrogens is 222 g/mol. The highest BCUT2D eigenvalue weighted by molar-refractivity contribution is 5.39. The second kappa shape index (κ2) is 5.75. The molecule has 0 amide bonds. The van der Waals surface area contributed by atoms with Crippen molar-refractivity contribution in [3.63, 3.8) is 0 Å². The van der Waals surface area contributed by atoms with E-state index in [9.17, 15) is 0 Å². The van der Waals surface area contributed by atoms with Gasteiger partial charge in [-0.3, -0.25) is 0 Å². The number of ether oxygens (including phenoxy) is 1.